The van der Waals surface area contributed by atoms with Crippen LogP contribution in [0.15, 0.2) is 23.1 Å². The fourth-order valence-corrected chi connectivity index (χ4v) is 4.56. The number of rotatable bonds is 5. The molecule has 1 aliphatic rings. The van der Waals surface area contributed by atoms with Crippen LogP contribution in [-0.2, 0) is 29.4 Å². The van der Waals surface area contributed by atoms with Gasteiger partial charge in [0.2, 0.25) is 10.0 Å². The fraction of sp³-hybridized carbons (Fsp3) is 0.529. The Morgan fingerprint density at radius 2 is 2.00 bits per heavy atom. The first-order chi connectivity index (χ1) is 11.4. The Kier molecular flexibility index (Phi) is 4.73. The Balaban J connectivity index is 1.90. The average Bonchev–Trinajstić information content (AvgIpc) is 2.95. The number of aryl methyl sites for hydroxylation is 4. The van der Waals surface area contributed by atoms with E-state index in [9.17, 15) is 8.42 Å². The molecule has 0 spiro atoms. The van der Waals surface area contributed by atoms with E-state index in [2.05, 4.69) is 21.7 Å². The van der Waals surface area contributed by atoms with Gasteiger partial charge in [-0.25, -0.2) is 22.8 Å². The lowest BCUT2D eigenvalue weighted by molar-refractivity contribution is 0.399. The molecule has 0 saturated heterocycles. The third-order valence-corrected chi connectivity index (χ3v) is 6.00. The molecule has 1 N–H and O–H groups in total. The summed E-state index contributed by atoms with van der Waals surface area (Å²) >= 11 is 0. The smallest absolute Gasteiger partial charge is 0.241 e. The third kappa shape index (κ3) is 3.23. The zero-order valence-electron chi connectivity index (χ0n) is 14.4. The molecule has 3 rings (SSSR count). The van der Waals surface area contributed by atoms with E-state index in [0.717, 1.165) is 37.8 Å². The van der Waals surface area contributed by atoms with Crippen molar-refractivity contribution in [1.29, 1.82) is 0 Å². The molecule has 0 aliphatic carbocycles. The molecular weight excluding hydrogens is 324 g/mol. The summed E-state index contributed by atoms with van der Waals surface area (Å²) in [7, 11) is -3.58. The summed E-state index contributed by atoms with van der Waals surface area (Å²) < 4.78 is 30.3. The molecule has 0 saturated carbocycles. The molecule has 2 heterocycles. The molecule has 1 aliphatic heterocycles. The molecule has 24 heavy (non-hydrogen) atoms. The van der Waals surface area contributed by atoms with E-state index < -0.39 is 10.0 Å². The maximum atomic E-state index is 12.8. The minimum Gasteiger partial charge on any atom is -0.248 e. The van der Waals surface area contributed by atoms with Crippen molar-refractivity contribution in [3.8, 4) is 0 Å². The van der Waals surface area contributed by atoms with Crippen LogP contribution in [0.2, 0.25) is 0 Å². The first kappa shape index (κ1) is 17.1. The standard InChI is InChI=1S/C17H24N4O2S/c1-4-13-8-9-15(11-14(13)5-2)24(22,23)20-16-7-6-10-21-17(16)18-12(3)19-21/h8-9,11,16,20H,4-7,10H2,1-3H3/t16-/m0/s1. The third-order valence-electron chi connectivity index (χ3n) is 4.53. The van der Waals surface area contributed by atoms with Crippen molar-refractivity contribution in [2.45, 2.75) is 63.9 Å². The SMILES string of the molecule is CCc1ccc(S(=O)(=O)N[C@H]2CCCn3nc(C)nc32)cc1CC. The number of nitrogens with zero attached hydrogens (tertiary/aromatic N) is 3. The van der Waals surface area contributed by atoms with Gasteiger partial charge in [-0.2, -0.15) is 5.10 Å². The van der Waals surface area contributed by atoms with E-state index in [4.69, 9.17) is 0 Å². The summed E-state index contributed by atoms with van der Waals surface area (Å²) in [5, 5.41) is 4.32. The minimum absolute atomic E-state index is 0.319. The van der Waals surface area contributed by atoms with Crippen LogP contribution in [0.25, 0.3) is 0 Å². The van der Waals surface area contributed by atoms with Crippen LogP contribution in [0.5, 0.6) is 0 Å². The molecule has 0 fully saturated rings. The summed E-state index contributed by atoms with van der Waals surface area (Å²) in [4.78, 5) is 4.72. The number of fused-ring (bicyclic) bond motifs is 1. The molecule has 0 radical (unpaired) electrons. The molecule has 0 amide bonds. The quantitative estimate of drug-likeness (QED) is 0.901. The number of aromatic nitrogens is 3. The lowest BCUT2D eigenvalue weighted by Gasteiger charge is -2.23. The second kappa shape index (κ2) is 6.64. The van der Waals surface area contributed by atoms with Crippen molar-refractivity contribution < 1.29 is 8.42 Å². The molecule has 0 unspecified atom stereocenters. The molecule has 6 nitrogen and oxygen atoms in total. The lowest BCUT2D eigenvalue weighted by Crippen LogP contribution is -2.33. The summed E-state index contributed by atoms with van der Waals surface area (Å²) in [5.74, 6) is 1.39. The van der Waals surface area contributed by atoms with Crippen LogP contribution < -0.4 is 4.72 Å². The highest BCUT2D eigenvalue weighted by Gasteiger charge is 2.28. The van der Waals surface area contributed by atoms with Gasteiger partial charge in [-0.3, -0.25) is 0 Å². The van der Waals surface area contributed by atoms with Crippen molar-refractivity contribution in [2.75, 3.05) is 0 Å². The second-order valence-corrected chi connectivity index (χ2v) is 7.91. The number of benzene rings is 1. The zero-order valence-corrected chi connectivity index (χ0v) is 15.2. The van der Waals surface area contributed by atoms with Gasteiger partial charge < -0.3 is 0 Å². The van der Waals surface area contributed by atoms with Crippen molar-refractivity contribution in [3.63, 3.8) is 0 Å². The number of sulfonamides is 1. The van der Waals surface area contributed by atoms with Gasteiger partial charge in [-0.05, 0) is 55.9 Å². The molecule has 1 atom stereocenters. The van der Waals surface area contributed by atoms with Gasteiger partial charge in [0.05, 0.1) is 10.9 Å². The monoisotopic (exact) mass is 348 g/mol. The zero-order chi connectivity index (χ0) is 17.3. The average molecular weight is 348 g/mol. The summed E-state index contributed by atoms with van der Waals surface area (Å²) in [6, 6.07) is 5.08. The maximum Gasteiger partial charge on any atom is 0.241 e. The van der Waals surface area contributed by atoms with Gasteiger partial charge in [0.1, 0.15) is 11.6 Å². The molecule has 0 bridgehead atoms. The van der Waals surface area contributed by atoms with Crippen molar-refractivity contribution in [3.05, 3.63) is 41.0 Å². The Morgan fingerprint density at radius 3 is 2.71 bits per heavy atom. The van der Waals surface area contributed by atoms with Gasteiger partial charge in [-0.1, -0.05) is 19.9 Å². The normalized spacial score (nSPS) is 17.7. The first-order valence-corrected chi connectivity index (χ1v) is 9.98. The molecular formula is C17H24N4O2S. The largest absolute Gasteiger partial charge is 0.248 e. The Morgan fingerprint density at radius 1 is 1.25 bits per heavy atom. The predicted molar refractivity (Wildman–Crippen MR) is 92.3 cm³/mol. The van der Waals surface area contributed by atoms with E-state index in [1.165, 1.54) is 5.56 Å². The molecule has 130 valence electrons. The Hall–Kier alpha value is -1.73. The number of hydrogen-bond donors (Lipinski definition) is 1. The van der Waals surface area contributed by atoms with E-state index >= 15 is 0 Å². The Bertz CT molecular complexity index is 842. The summed E-state index contributed by atoms with van der Waals surface area (Å²) in [6.45, 7) is 6.75. The maximum absolute atomic E-state index is 12.8. The highest BCUT2D eigenvalue weighted by Crippen LogP contribution is 2.26. The number of hydrogen-bond acceptors (Lipinski definition) is 4. The first-order valence-electron chi connectivity index (χ1n) is 8.50. The fourth-order valence-electron chi connectivity index (χ4n) is 3.28. The molecule has 1 aromatic carbocycles. The van der Waals surface area contributed by atoms with Gasteiger partial charge in [0.25, 0.3) is 0 Å². The van der Waals surface area contributed by atoms with Gasteiger partial charge in [0.15, 0.2) is 0 Å². The van der Waals surface area contributed by atoms with Crippen LogP contribution in [0.1, 0.15) is 55.5 Å². The molecule has 1 aromatic heterocycles. The van der Waals surface area contributed by atoms with Gasteiger partial charge >= 0.3 is 0 Å². The van der Waals surface area contributed by atoms with Crippen LogP contribution in [-0.4, -0.2) is 23.2 Å². The predicted octanol–water partition coefficient (Wildman–Crippen LogP) is 2.52. The second-order valence-electron chi connectivity index (χ2n) is 6.19. The minimum atomic E-state index is -3.58. The highest BCUT2D eigenvalue weighted by atomic mass is 32.2. The van der Waals surface area contributed by atoms with Crippen LogP contribution in [0, 0.1) is 6.92 Å². The van der Waals surface area contributed by atoms with Gasteiger partial charge in [0, 0.05) is 6.54 Å². The van der Waals surface area contributed by atoms with Crippen LogP contribution >= 0.6 is 0 Å². The van der Waals surface area contributed by atoms with E-state index in [1.54, 1.807) is 12.1 Å². The van der Waals surface area contributed by atoms with E-state index in [1.807, 2.05) is 24.6 Å². The Labute approximate surface area is 143 Å². The topological polar surface area (TPSA) is 76.9 Å². The summed E-state index contributed by atoms with van der Waals surface area (Å²) in [6.07, 6.45) is 3.36. The van der Waals surface area contributed by atoms with Crippen molar-refractivity contribution in [2.24, 2.45) is 0 Å². The van der Waals surface area contributed by atoms with E-state index in [0.29, 0.717) is 16.5 Å². The molecule has 7 heteroatoms. The summed E-state index contributed by atoms with van der Waals surface area (Å²) in [5.41, 5.74) is 2.28. The van der Waals surface area contributed by atoms with Gasteiger partial charge in [-0.15, -0.1) is 0 Å². The van der Waals surface area contributed by atoms with Crippen LogP contribution in [0.3, 0.4) is 0 Å². The van der Waals surface area contributed by atoms with Crippen molar-refractivity contribution >= 4 is 10.0 Å². The van der Waals surface area contributed by atoms with Crippen LogP contribution in [0.4, 0.5) is 0 Å². The highest BCUT2D eigenvalue weighted by molar-refractivity contribution is 7.89. The number of nitrogens with one attached hydrogen (secondary N) is 1. The lowest BCUT2D eigenvalue weighted by atomic mass is 10.0. The van der Waals surface area contributed by atoms with Crippen molar-refractivity contribution in [1.82, 2.24) is 19.5 Å². The molecule has 2 aromatic rings. The van der Waals surface area contributed by atoms with E-state index in [-0.39, 0.29) is 6.04 Å².